The minimum Gasteiger partial charge on any atom is -0.395 e. The first-order valence-corrected chi connectivity index (χ1v) is 8.23. The zero-order valence-electron chi connectivity index (χ0n) is 14.8. The van der Waals surface area contributed by atoms with Gasteiger partial charge in [-0.15, -0.1) is 0 Å². The Bertz CT molecular complexity index is 736. The van der Waals surface area contributed by atoms with E-state index in [-0.39, 0.29) is 25.0 Å². The van der Waals surface area contributed by atoms with E-state index >= 15 is 0 Å². The van der Waals surface area contributed by atoms with Crippen LogP contribution in [0.3, 0.4) is 0 Å². The van der Waals surface area contributed by atoms with Gasteiger partial charge in [0.1, 0.15) is 0 Å². The van der Waals surface area contributed by atoms with Crippen LogP contribution in [0.2, 0.25) is 0 Å². The molecular formula is C20H24N2O3. The number of carbonyl (C=O) groups is 2. The number of amides is 2. The van der Waals surface area contributed by atoms with Crippen molar-refractivity contribution in [2.24, 2.45) is 0 Å². The highest BCUT2D eigenvalue weighted by Gasteiger charge is 2.24. The molecule has 0 unspecified atom stereocenters. The van der Waals surface area contributed by atoms with E-state index in [0.717, 1.165) is 0 Å². The molecule has 0 heterocycles. The fourth-order valence-corrected chi connectivity index (χ4v) is 2.48. The van der Waals surface area contributed by atoms with Gasteiger partial charge in [0.2, 0.25) is 0 Å². The van der Waals surface area contributed by atoms with Crippen molar-refractivity contribution in [3.05, 3.63) is 65.7 Å². The third-order valence-electron chi connectivity index (χ3n) is 3.53. The van der Waals surface area contributed by atoms with E-state index in [1.807, 2.05) is 39.0 Å². The average Bonchev–Trinajstić information content (AvgIpc) is 2.58. The van der Waals surface area contributed by atoms with Gasteiger partial charge in [0.05, 0.1) is 17.7 Å². The number of benzene rings is 2. The van der Waals surface area contributed by atoms with E-state index in [2.05, 4.69) is 5.32 Å². The molecule has 0 bridgehead atoms. The summed E-state index contributed by atoms with van der Waals surface area (Å²) in [5.74, 6) is -0.617. The smallest absolute Gasteiger partial charge is 0.259 e. The lowest BCUT2D eigenvalue weighted by Gasteiger charge is -2.24. The van der Waals surface area contributed by atoms with Gasteiger partial charge in [0.25, 0.3) is 11.8 Å². The zero-order valence-corrected chi connectivity index (χ0v) is 14.8. The summed E-state index contributed by atoms with van der Waals surface area (Å²) in [4.78, 5) is 27.1. The molecule has 0 aromatic heterocycles. The fraction of sp³-hybridized carbons (Fsp3) is 0.300. The second kappa shape index (κ2) is 7.94. The van der Waals surface area contributed by atoms with Crippen LogP contribution in [0.4, 0.5) is 5.69 Å². The minimum atomic E-state index is -0.405. The summed E-state index contributed by atoms with van der Waals surface area (Å²) >= 11 is 0. The number of aliphatic hydroxyl groups excluding tert-OH is 1. The number of carbonyl (C=O) groups excluding carboxylic acids is 2. The Hall–Kier alpha value is -2.66. The lowest BCUT2D eigenvalue weighted by atomic mass is 10.0. The average molecular weight is 340 g/mol. The molecule has 5 nitrogen and oxygen atoms in total. The highest BCUT2D eigenvalue weighted by molar-refractivity contribution is 6.13. The van der Waals surface area contributed by atoms with Crippen LogP contribution >= 0.6 is 0 Å². The second-order valence-electron chi connectivity index (χ2n) is 6.77. The summed E-state index contributed by atoms with van der Waals surface area (Å²) in [7, 11) is 0. The number of nitrogens with one attached hydrogen (secondary N) is 1. The molecule has 0 saturated heterocycles. The summed E-state index contributed by atoms with van der Waals surface area (Å²) in [5.41, 5.74) is 0.896. The molecule has 2 aromatic carbocycles. The van der Waals surface area contributed by atoms with Crippen LogP contribution in [-0.4, -0.2) is 35.6 Å². The van der Waals surface area contributed by atoms with Crippen LogP contribution < -0.4 is 10.2 Å². The summed E-state index contributed by atoms with van der Waals surface area (Å²) in [5, 5.41) is 12.2. The molecule has 0 fully saturated rings. The topological polar surface area (TPSA) is 69.6 Å². The predicted molar refractivity (Wildman–Crippen MR) is 98.9 cm³/mol. The second-order valence-corrected chi connectivity index (χ2v) is 6.77. The van der Waals surface area contributed by atoms with Gasteiger partial charge < -0.3 is 15.3 Å². The van der Waals surface area contributed by atoms with Gasteiger partial charge in [0, 0.05) is 17.8 Å². The summed E-state index contributed by atoms with van der Waals surface area (Å²) in [6.45, 7) is 5.64. The van der Waals surface area contributed by atoms with Gasteiger partial charge >= 0.3 is 0 Å². The molecule has 2 amide bonds. The van der Waals surface area contributed by atoms with Crippen molar-refractivity contribution in [3.63, 3.8) is 0 Å². The molecule has 2 aromatic rings. The first-order valence-electron chi connectivity index (χ1n) is 8.23. The molecule has 0 atom stereocenters. The van der Waals surface area contributed by atoms with Gasteiger partial charge in [-0.2, -0.15) is 0 Å². The van der Waals surface area contributed by atoms with Crippen LogP contribution in [0.25, 0.3) is 0 Å². The molecule has 0 radical (unpaired) electrons. The van der Waals surface area contributed by atoms with Crippen LogP contribution in [0.1, 0.15) is 41.5 Å². The van der Waals surface area contributed by atoms with E-state index in [4.69, 9.17) is 0 Å². The number of nitrogens with zero attached hydrogens (tertiary/aromatic N) is 1. The Kier molecular flexibility index (Phi) is 5.93. The normalized spacial score (nSPS) is 11.0. The van der Waals surface area contributed by atoms with Gasteiger partial charge in [-0.3, -0.25) is 9.59 Å². The number of hydrogen-bond donors (Lipinski definition) is 2. The first-order chi connectivity index (χ1) is 11.8. The van der Waals surface area contributed by atoms with Crippen molar-refractivity contribution in [3.8, 4) is 0 Å². The Morgan fingerprint density at radius 2 is 1.52 bits per heavy atom. The maximum atomic E-state index is 13.1. The molecule has 132 valence electrons. The van der Waals surface area contributed by atoms with Crippen molar-refractivity contribution in [1.82, 2.24) is 5.32 Å². The Balaban J connectivity index is 2.39. The van der Waals surface area contributed by atoms with Crippen molar-refractivity contribution >= 4 is 17.5 Å². The molecule has 0 saturated carbocycles. The number of aliphatic hydroxyl groups is 1. The van der Waals surface area contributed by atoms with Crippen LogP contribution in [0.15, 0.2) is 54.6 Å². The molecule has 5 heteroatoms. The van der Waals surface area contributed by atoms with Crippen molar-refractivity contribution < 1.29 is 14.7 Å². The maximum Gasteiger partial charge on any atom is 0.259 e. The van der Waals surface area contributed by atoms with Crippen molar-refractivity contribution in [2.45, 2.75) is 26.3 Å². The van der Waals surface area contributed by atoms with Gasteiger partial charge in [-0.25, -0.2) is 0 Å². The standard InChI is InChI=1S/C20H24N2O3/c1-20(2,3)21-18(24)16-11-7-8-12-17(16)19(25)22(13-14-23)15-9-5-4-6-10-15/h4-12,23H,13-14H2,1-3H3,(H,21,24). The third-order valence-corrected chi connectivity index (χ3v) is 3.53. The molecule has 25 heavy (non-hydrogen) atoms. The lowest BCUT2D eigenvalue weighted by molar-refractivity contribution is 0.0904. The summed E-state index contributed by atoms with van der Waals surface area (Å²) in [6, 6.07) is 15.8. The van der Waals surface area contributed by atoms with Gasteiger partial charge in [-0.05, 0) is 45.0 Å². The van der Waals surface area contributed by atoms with Gasteiger partial charge in [0.15, 0.2) is 0 Å². The minimum absolute atomic E-state index is 0.151. The van der Waals surface area contributed by atoms with Crippen LogP contribution in [0.5, 0.6) is 0 Å². The van der Waals surface area contributed by atoms with Crippen molar-refractivity contribution in [1.29, 1.82) is 0 Å². The highest BCUT2D eigenvalue weighted by atomic mass is 16.3. The SMILES string of the molecule is CC(C)(C)NC(=O)c1ccccc1C(=O)N(CCO)c1ccccc1. The molecule has 0 aliphatic heterocycles. The van der Waals surface area contributed by atoms with Gasteiger partial charge in [-0.1, -0.05) is 30.3 Å². The highest BCUT2D eigenvalue weighted by Crippen LogP contribution is 2.19. The lowest BCUT2D eigenvalue weighted by Crippen LogP contribution is -2.42. The molecule has 0 aliphatic rings. The van der Waals surface area contributed by atoms with Crippen LogP contribution in [0, 0.1) is 0 Å². The molecule has 2 N–H and O–H groups in total. The Morgan fingerprint density at radius 3 is 2.08 bits per heavy atom. The number of rotatable bonds is 5. The number of anilines is 1. The molecule has 0 spiro atoms. The number of hydrogen-bond acceptors (Lipinski definition) is 3. The van der Waals surface area contributed by atoms with E-state index in [0.29, 0.717) is 16.8 Å². The summed E-state index contributed by atoms with van der Waals surface area (Å²) < 4.78 is 0. The fourth-order valence-electron chi connectivity index (χ4n) is 2.48. The van der Waals surface area contributed by atoms with E-state index in [1.54, 1.807) is 36.4 Å². The van der Waals surface area contributed by atoms with Crippen LogP contribution in [-0.2, 0) is 0 Å². The zero-order chi connectivity index (χ0) is 18.4. The predicted octanol–water partition coefficient (Wildman–Crippen LogP) is 2.85. The monoisotopic (exact) mass is 340 g/mol. The quantitative estimate of drug-likeness (QED) is 0.879. The van der Waals surface area contributed by atoms with E-state index in [1.165, 1.54) is 4.90 Å². The Labute approximate surface area is 148 Å². The largest absolute Gasteiger partial charge is 0.395 e. The number of para-hydroxylation sites is 1. The molecule has 0 aliphatic carbocycles. The maximum absolute atomic E-state index is 13.1. The first kappa shape index (κ1) is 18.7. The third kappa shape index (κ3) is 4.90. The van der Waals surface area contributed by atoms with E-state index < -0.39 is 5.54 Å². The molecular weight excluding hydrogens is 316 g/mol. The van der Waals surface area contributed by atoms with Crippen molar-refractivity contribution in [2.75, 3.05) is 18.1 Å². The Morgan fingerprint density at radius 1 is 0.960 bits per heavy atom. The van der Waals surface area contributed by atoms with E-state index in [9.17, 15) is 14.7 Å². The summed E-state index contributed by atoms with van der Waals surface area (Å²) in [6.07, 6.45) is 0. The molecule has 2 rings (SSSR count).